The van der Waals surface area contributed by atoms with Crippen molar-refractivity contribution >= 4 is 38.5 Å². The maximum absolute atomic E-state index is 12.2. The number of hydrogen-bond acceptors (Lipinski definition) is 4. The van der Waals surface area contributed by atoms with Crippen molar-refractivity contribution in [3.05, 3.63) is 68.5 Å². The number of fused-ring (bicyclic) bond motifs is 3. The molecule has 1 aliphatic carbocycles. The smallest absolute Gasteiger partial charge is 0.339 e. The summed E-state index contributed by atoms with van der Waals surface area (Å²) >= 11 is 3.36. The van der Waals surface area contributed by atoms with Crippen LogP contribution >= 0.6 is 15.9 Å². The first-order chi connectivity index (χ1) is 13.1. The molecule has 6 heteroatoms. The summed E-state index contributed by atoms with van der Waals surface area (Å²) in [5.41, 5.74) is 2.82. The Labute approximate surface area is 164 Å². The van der Waals surface area contributed by atoms with Gasteiger partial charge in [-0.05, 0) is 61.6 Å². The number of benzene rings is 2. The van der Waals surface area contributed by atoms with Crippen LogP contribution in [0.25, 0.3) is 11.0 Å². The number of hydrogen-bond donors (Lipinski definition) is 1. The molecule has 0 radical (unpaired) electrons. The molecule has 138 valence electrons. The van der Waals surface area contributed by atoms with E-state index < -0.39 is 0 Å². The average Bonchev–Trinajstić information content (AvgIpc) is 2.66. The molecule has 0 atom stereocenters. The Morgan fingerprint density at radius 1 is 1.11 bits per heavy atom. The fraction of sp³-hybridized carbons (Fsp3) is 0.238. The van der Waals surface area contributed by atoms with E-state index in [1.807, 2.05) is 30.3 Å². The van der Waals surface area contributed by atoms with Gasteiger partial charge >= 0.3 is 5.63 Å². The molecule has 1 heterocycles. The van der Waals surface area contributed by atoms with E-state index >= 15 is 0 Å². The van der Waals surface area contributed by atoms with E-state index in [1.165, 1.54) is 0 Å². The highest BCUT2D eigenvalue weighted by Gasteiger charge is 2.18. The molecule has 0 bridgehead atoms. The molecule has 5 nitrogen and oxygen atoms in total. The number of carbonyl (C=O) groups excluding carboxylic acids is 1. The quantitative estimate of drug-likeness (QED) is 0.624. The lowest BCUT2D eigenvalue weighted by molar-refractivity contribution is -0.118. The Morgan fingerprint density at radius 2 is 1.93 bits per heavy atom. The van der Waals surface area contributed by atoms with E-state index in [1.54, 1.807) is 12.1 Å². The molecule has 1 aromatic heterocycles. The molecule has 3 aromatic rings. The van der Waals surface area contributed by atoms with E-state index in [4.69, 9.17) is 9.15 Å². The Balaban J connectivity index is 1.49. The zero-order chi connectivity index (χ0) is 18.8. The minimum absolute atomic E-state index is 0.132. The van der Waals surface area contributed by atoms with Crippen molar-refractivity contribution < 1.29 is 13.9 Å². The number of nitrogens with one attached hydrogen (secondary N) is 1. The van der Waals surface area contributed by atoms with Crippen LogP contribution in [0.5, 0.6) is 5.75 Å². The van der Waals surface area contributed by atoms with Crippen LogP contribution in [0.1, 0.15) is 24.0 Å². The van der Waals surface area contributed by atoms with Gasteiger partial charge in [-0.1, -0.05) is 22.0 Å². The van der Waals surface area contributed by atoms with Gasteiger partial charge in [0.05, 0.1) is 0 Å². The van der Waals surface area contributed by atoms with Crippen LogP contribution in [0.2, 0.25) is 0 Å². The lowest BCUT2D eigenvalue weighted by Crippen LogP contribution is -2.20. The van der Waals surface area contributed by atoms with Crippen LogP contribution in [0, 0.1) is 0 Å². The van der Waals surface area contributed by atoms with Crippen LogP contribution in [0.4, 0.5) is 5.69 Å². The second-order valence-corrected chi connectivity index (χ2v) is 7.47. The molecule has 27 heavy (non-hydrogen) atoms. The highest BCUT2D eigenvalue weighted by molar-refractivity contribution is 9.10. The first-order valence-corrected chi connectivity index (χ1v) is 9.66. The first-order valence-electron chi connectivity index (χ1n) is 8.87. The topological polar surface area (TPSA) is 68.5 Å². The molecule has 0 spiro atoms. The number of rotatable bonds is 4. The lowest BCUT2D eigenvalue weighted by Gasteiger charge is -2.16. The van der Waals surface area contributed by atoms with E-state index in [9.17, 15) is 9.59 Å². The summed E-state index contributed by atoms with van der Waals surface area (Å²) in [4.78, 5) is 24.3. The molecular formula is C21H18BrNO4. The molecule has 0 aliphatic heterocycles. The monoisotopic (exact) mass is 427 g/mol. The number of amides is 1. The van der Waals surface area contributed by atoms with Gasteiger partial charge in [0, 0.05) is 27.2 Å². The number of carbonyl (C=O) groups is 1. The molecule has 0 saturated heterocycles. The average molecular weight is 428 g/mol. The van der Waals surface area contributed by atoms with Crippen LogP contribution in [0.3, 0.4) is 0 Å². The molecule has 1 N–H and O–H groups in total. The van der Waals surface area contributed by atoms with Crippen LogP contribution in [-0.2, 0) is 17.6 Å². The summed E-state index contributed by atoms with van der Waals surface area (Å²) < 4.78 is 11.9. The summed E-state index contributed by atoms with van der Waals surface area (Å²) in [7, 11) is 0. The van der Waals surface area contributed by atoms with Crippen molar-refractivity contribution in [2.45, 2.75) is 25.7 Å². The van der Waals surface area contributed by atoms with Crippen molar-refractivity contribution in [2.75, 3.05) is 11.9 Å². The van der Waals surface area contributed by atoms with Gasteiger partial charge < -0.3 is 14.5 Å². The Hall–Kier alpha value is -2.60. The van der Waals surface area contributed by atoms with Crippen molar-refractivity contribution in [3.8, 4) is 5.75 Å². The molecule has 1 aliphatic rings. The lowest BCUT2D eigenvalue weighted by atomic mass is 9.91. The van der Waals surface area contributed by atoms with Gasteiger partial charge in [-0.3, -0.25) is 4.79 Å². The zero-order valence-electron chi connectivity index (χ0n) is 14.6. The highest BCUT2D eigenvalue weighted by atomic mass is 79.9. The van der Waals surface area contributed by atoms with E-state index in [0.29, 0.717) is 17.0 Å². The third kappa shape index (κ3) is 3.90. The fourth-order valence-electron chi connectivity index (χ4n) is 3.43. The van der Waals surface area contributed by atoms with Crippen LogP contribution < -0.4 is 15.7 Å². The second kappa shape index (κ2) is 7.56. The number of ether oxygens (including phenoxy) is 1. The summed E-state index contributed by atoms with van der Waals surface area (Å²) in [6.07, 6.45) is 3.78. The number of anilines is 1. The van der Waals surface area contributed by atoms with E-state index in [2.05, 4.69) is 21.2 Å². The van der Waals surface area contributed by atoms with Crippen molar-refractivity contribution in [2.24, 2.45) is 0 Å². The number of halogens is 1. The molecule has 1 amide bonds. The van der Waals surface area contributed by atoms with Crippen molar-refractivity contribution in [1.82, 2.24) is 0 Å². The third-order valence-corrected chi connectivity index (χ3v) is 5.17. The Kier molecular flexibility index (Phi) is 4.99. The van der Waals surface area contributed by atoms with Gasteiger partial charge in [0.25, 0.3) is 5.91 Å². The van der Waals surface area contributed by atoms with Gasteiger partial charge in [0.1, 0.15) is 11.3 Å². The predicted octanol–water partition coefficient (Wildman–Crippen LogP) is 4.45. The molecule has 0 fully saturated rings. The summed E-state index contributed by atoms with van der Waals surface area (Å²) in [6, 6.07) is 12.7. The largest absolute Gasteiger partial charge is 0.484 e. The Morgan fingerprint density at radius 3 is 2.74 bits per heavy atom. The molecule has 0 saturated carbocycles. The minimum atomic E-state index is -0.264. The van der Waals surface area contributed by atoms with Gasteiger partial charge in [-0.2, -0.15) is 0 Å². The van der Waals surface area contributed by atoms with E-state index in [0.717, 1.165) is 46.7 Å². The van der Waals surface area contributed by atoms with Crippen molar-refractivity contribution in [3.63, 3.8) is 0 Å². The SMILES string of the molecule is O=C(COc1ccc2c3c(c(=O)oc2c1)CCCC3)Nc1cccc(Br)c1. The van der Waals surface area contributed by atoms with Crippen LogP contribution in [-0.4, -0.2) is 12.5 Å². The highest BCUT2D eigenvalue weighted by Crippen LogP contribution is 2.29. The van der Waals surface area contributed by atoms with Crippen molar-refractivity contribution in [1.29, 1.82) is 0 Å². The normalized spacial score (nSPS) is 13.2. The number of aryl methyl sites for hydroxylation is 1. The third-order valence-electron chi connectivity index (χ3n) is 4.67. The summed E-state index contributed by atoms with van der Waals surface area (Å²) in [5, 5.41) is 3.73. The summed E-state index contributed by atoms with van der Waals surface area (Å²) in [5.74, 6) is 0.228. The molecular weight excluding hydrogens is 410 g/mol. The van der Waals surface area contributed by atoms with E-state index in [-0.39, 0.29) is 18.1 Å². The Bertz CT molecular complexity index is 1070. The predicted molar refractivity (Wildman–Crippen MR) is 107 cm³/mol. The van der Waals surface area contributed by atoms with Gasteiger partial charge in [-0.15, -0.1) is 0 Å². The van der Waals surface area contributed by atoms with Gasteiger partial charge in [0.2, 0.25) is 0 Å². The second-order valence-electron chi connectivity index (χ2n) is 6.56. The summed E-state index contributed by atoms with van der Waals surface area (Å²) in [6.45, 7) is -0.132. The fourth-order valence-corrected chi connectivity index (χ4v) is 3.83. The minimum Gasteiger partial charge on any atom is -0.484 e. The maximum atomic E-state index is 12.2. The zero-order valence-corrected chi connectivity index (χ0v) is 16.2. The van der Waals surface area contributed by atoms with Gasteiger partial charge in [0.15, 0.2) is 6.61 Å². The molecule has 4 rings (SSSR count). The van der Waals surface area contributed by atoms with Crippen LogP contribution in [0.15, 0.2) is 56.1 Å². The standard InChI is InChI=1S/C21H18BrNO4/c22-13-4-3-5-14(10-13)23-20(24)12-26-15-8-9-17-16-6-1-2-7-18(16)21(25)27-19(17)11-15/h3-5,8-11H,1-2,6-7,12H2,(H,23,24). The first kappa shape index (κ1) is 17.8. The van der Waals surface area contributed by atoms with Gasteiger partial charge in [-0.25, -0.2) is 4.79 Å². The molecule has 0 unspecified atom stereocenters. The maximum Gasteiger partial charge on any atom is 0.339 e. The molecule has 2 aromatic carbocycles.